The Morgan fingerprint density at radius 3 is 2.45 bits per heavy atom. The lowest BCUT2D eigenvalue weighted by Gasteiger charge is -2.34. The second-order valence-electron chi connectivity index (χ2n) is 6.65. The minimum absolute atomic E-state index is 0.422. The van der Waals surface area contributed by atoms with Crippen LogP contribution in [-0.2, 0) is 4.79 Å². The Morgan fingerprint density at radius 1 is 0.950 bits per heavy atom. The molecule has 3 heteroatoms. The average molecular weight is 280 g/mol. The summed E-state index contributed by atoms with van der Waals surface area (Å²) in [6.07, 6.45) is 14.6. The number of nitrogens with zero attached hydrogens (tertiary/aromatic N) is 1. The van der Waals surface area contributed by atoms with Crippen LogP contribution < -0.4 is 5.73 Å². The van der Waals surface area contributed by atoms with Gasteiger partial charge in [0.15, 0.2) is 0 Å². The Morgan fingerprint density at radius 2 is 1.70 bits per heavy atom. The molecule has 1 unspecified atom stereocenters. The summed E-state index contributed by atoms with van der Waals surface area (Å²) in [5.74, 6) is 1.22. The Hall–Kier alpha value is -0.570. The molecular formula is C17H32N2O. The number of hydrogen-bond donors (Lipinski definition) is 1. The number of rotatable bonds is 7. The minimum Gasteiger partial charge on any atom is -0.339 e. The van der Waals surface area contributed by atoms with Crippen molar-refractivity contribution in [2.24, 2.45) is 11.7 Å². The second-order valence-corrected chi connectivity index (χ2v) is 6.65. The summed E-state index contributed by atoms with van der Waals surface area (Å²) in [7, 11) is 0. The molecule has 2 fully saturated rings. The highest BCUT2D eigenvalue weighted by Crippen LogP contribution is 2.34. The molecule has 1 saturated carbocycles. The van der Waals surface area contributed by atoms with Crippen LogP contribution in [0.25, 0.3) is 0 Å². The number of likely N-dealkylation sites (tertiary alicyclic amines) is 1. The van der Waals surface area contributed by atoms with Crippen molar-refractivity contribution in [1.29, 1.82) is 0 Å². The van der Waals surface area contributed by atoms with E-state index < -0.39 is 0 Å². The third-order valence-corrected chi connectivity index (χ3v) is 5.16. The summed E-state index contributed by atoms with van der Waals surface area (Å²) < 4.78 is 0. The van der Waals surface area contributed by atoms with Crippen molar-refractivity contribution in [3.63, 3.8) is 0 Å². The zero-order valence-electron chi connectivity index (χ0n) is 13.0. The lowest BCUT2D eigenvalue weighted by atomic mass is 9.83. The first kappa shape index (κ1) is 15.8. The number of hydrogen-bond acceptors (Lipinski definition) is 2. The summed E-state index contributed by atoms with van der Waals surface area (Å²) in [5, 5.41) is 0. The first-order valence-corrected chi connectivity index (χ1v) is 8.82. The van der Waals surface area contributed by atoms with Gasteiger partial charge in [-0.3, -0.25) is 4.79 Å². The average Bonchev–Trinajstić information content (AvgIpc) is 2.97. The van der Waals surface area contributed by atoms with Crippen molar-refractivity contribution in [3.8, 4) is 0 Å². The highest BCUT2D eigenvalue weighted by Gasteiger charge is 2.34. The van der Waals surface area contributed by atoms with E-state index in [0.717, 1.165) is 44.7 Å². The van der Waals surface area contributed by atoms with Gasteiger partial charge in [0.1, 0.15) is 0 Å². The number of carbonyl (C=O) groups is 1. The molecule has 1 atom stereocenters. The molecular weight excluding hydrogens is 248 g/mol. The van der Waals surface area contributed by atoms with Crippen molar-refractivity contribution in [2.75, 3.05) is 13.1 Å². The maximum atomic E-state index is 12.4. The molecule has 0 aromatic heterocycles. The van der Waals surface area contributed by atoms with Crippen LogP contribution in [0.5, 0.6) is 0 Å². The summed E-state index contributed by atoms with van der Waals surface area (Å²) in [6.45, 7) is 1.80. The maximum Gasteiger partial charge on any atom is 0.222 e. The molecule has 3 nitrogen and oxygen atoms in total. The van der Waals surface area contributed by atoms with Gasteiger partial charge in [0.25, 0.3) is 0 Å². The molecule has 1 heterocycles. The van der Waals surface area contributed by atoms with Gasteiger partial charge in [-0.25, -0.2) is 0 Å². The third kappa shape index (κ3) is 4.47. The molecule has 0 aromatic rings. The van der Waals surface area contributed by atoms with Crippen molar-refractivity contribution >= 4 is 5.91 Å². The molecule has 0 bridgehead atoms. The number of amides is 1. The molecule has 20 heavy (non-hydrogen) atoms. The van der Waals surface area contributed by atoms with Gasteiger partial charge in [0.05, 0.1) is 0 Å². The van der Waals surface area contributed by atoms with E-state index >= 15 is 0 Å². The minimum atomic E-state index is 0.422. The van der Waals surface area contributed by atoms with E-state index in [1.807, 2.05) is 0 Å². The predicted molar refractivity (Wildman–Crippen MR) is 83.4 cm³/mol. The van der Waals surface area contributed by atoms with E-state index in [1.54, 1.807) is 0 Å². The molecule has 0 spiro atoms. The predicted octanol–water partition coefficient (Wildman–Crippen LogP) is 3.47. The first-order chi connectivity index (χ1) is 9.83. The molecule has 2 aliphatic rings. The molecule has 0 radical (unpaired) electrons. The smallest absolute Gasteiger partial charge is 0.222 e. The van der Waals surface area contributed by atoms with Crippen LogP contribution >= 0.6 is 0 Å². The van der Waals surface area contributed by atoms with Crippen LogP contribution in [0.4, 0.5) is 0 Å². The lowest BCUT2D eigenvalue weighted by molar-refractivity contribution is -0.133. The molecule has 1 saturated heterocycles. The van der Waals surface area contributed by atoms with Crippen LogP contribution in [0, 0.1) is 5.92 Å². The van der Waals surface area contributed by atoms with E-state index in [4.69, 9.17) is 5.73 Å². The van der Waals surface area contributed by atoms with Gasteiger partial charge in [-0.2, -0.15) is 0 Å². The summed E-state index contributed by atoms with van der Waals surface area (Å²) in [4.78, 5) is 14.7. The fourth-order valence-corrected chi connectivity index (χ4v) is 4.03. The first-order valence-electron chi connectivity index (χ1n) is 8.82. The fourth-order valence-electron chi connectivity index (χ4n) is 4.03. The molecule has 1 amide bonds. The fraction of sp³-hybridized carbons (Fsp3) is 0.941. The molecule has 0 aromatic carbocycles. The van der Waals surface area contributed by atoms with E-state index in [9.17, 15) is 4.79 Å². The maximum absolute atomic E-state index is 12.4. The van der Waals surface area contributed by atoms with Crippen LogP contribution in [0.3, 0.4) is 0 Å². The van der Waals surface area contributed by atoms with Gasteiger partial charge in [-0.05, 0) is 51.0 Å². The second kappa shape index (κ2) is 8.66. The summed E-state index contributed by atoms with van der Waals surface area (Å²) in [6, 6.07) is 0.576. The van der Waals surface area contributed by atoms with E-state index in [2.05, 4.69) is 4.90 Å². The van der Waals surface area contributed by atoms with E-state index in [-0.39, 0.29) is 0 Å². The van der Waals surface area contributed by atoms with Gasteiger partial charge in [0, 0.05) is 19.0 Å². The Labute approximate surface area is 124 Å². The number of nitrogens with two attached hydrogens (primary N) is 1. The number of carbonyl (C=O) groups excluding carboxylic acids is 1. The molecule has 116 valence electrons. The van der Waals surface area contributed by atoms with Gasteiger partial charge < -0.3 is 10.6 Å². The van der Waals surface area contributed by atoms with Crippen molar-refractivity contribution < 1.29 is 4.79 Å². The molecule has 2 rings (SSSR count). The van der Waals surface area contributed by atoms with Crippen LogP contribution in [0.1, 0.15) is 77.0 Å². The van der Waals surface area contributed by atoms with Gasteiger partial charge in [-0.1, -0.05) is 32.1 Å². The Balaban J connectivity index is 1.73. The van der Waals surface area contributed by atoms with Crippen molar-refractivity contribution in [3.05, 3.63) is 0 Å². The quantitative estimate of drug-likeness (QED) is 0.726. The third-order valence-electron chi connectivity index (χ3n) is 5.16. The van der Waals surface area contributed by atoms with E-state index in [0.29, 0.717) is 11.9 Å². The highest BCUT2D eigenvalue weighted by molar-refractivity contribution is 5.76. The Bertz CT molecular complexity index is 287. The van der Waals surface area contributed by atoms with Crippen LogP contribution in [0.2, 0.25) is 0 Å². The monoisotopic (exact) mass is 280 g/mol. The zero-order valence-corrected chi connectivity index (χ0v) is 13.0. The normalized spacial score (nSPS) is 24.2. The van der Waals surface area contributed by atoms with Gasteiger partial charge >= 0.3 is 0 Å². The largest absolute Gasteiger partial charge is 0.339 e. The van der Waals surface area contributed by atoms with Crippen molar-refractivity contribution in [1.82, 2.24) is 4.90 Å². The lowest BCUT2D eigenvalue weighted by Crippen LogP contribution is -2.40. The van der Waals surface area contributed by atoms with Crippen molar-refractivity contribution in [2.45, 2.75) is 83.1 Å². The van der Waals surface area contributed by atoms with Gasteiger partial charge in [-0.15, -0.1) is 0 Å². The molecule has 1 aliphatic carbocycles. The van der Waals surface area contributed by atoms with Gasteiger partial charge in [0.2, 0.25) is 5.91 Å². The highest BCUT2D eigenvalue weighted by atomic mass is 16.2. The zero-order chi connectivity index (χ0) is 14.2. The molecule has 1 aliphatic heterocycles. The van der Waals surface area contributed by atoms with E-state index in [1.165, 1.54) is 51.4 Å². The Kier molecular flexibility index (Phi) is 6.85. The topological polar surface area (TPSA) is 46.3 Å². The standard InChI is InChI=1S/C17H32N2O/c18-13-7-2-1-6-12-17(20)19-14-8-11-16(19)15-9-4-3-5-10-15/h15-16H,1-14,18H2. The summed E-state index contributed by atoms with van der Waals surface area (Å²) >= 11 is 0. The molecule has 2 N–H and O–H groups in total. The van der Waals surface area contributed by atoms with Crippen LogP contribution in [0.15, 0.2) is 0 Å². The number of unbranched alkanes of at least 4 members (excludes halogenated alkanes) is 3. The SMILES string of the molecule is NCCCCCCC(=O)N1CCCC1C1CCCCC1. The van der Waals surface area contributed by atoms with Crippen LogP contribution in [-0.4, -0.2) is 29.9 Å². The summed E-state index contributed by atoms with van der Waals surface area (Å²) in [5.41, 5.74) is 5.50.